The molecule has 0 amide bonds. The number of hydrogen-bond donors (Lipinski definition) is 1. The van der Waals surface area contributed by atoms with Crippen molar-refractivity contribution >= 4 is 5.78 Å². The summed E-state index contributed by atoms with van der Waals surface area (Å²) < 4.78 is 5.27. The van der Waals surface area contributed by atoms with Gasteiger partial charge in [-0.2, -0.15) is 0 Å². The summed E-state index contributed by atoms with van der Waals surface area (Å²) in [7, 11) is 3.54. The summed E-state index contributed by atoms with van der Waals surface area (Å²) >= 11 is 0. The molecule has 0 aliphatic rings. The normalized spacial score (nSPS) is 11.9. The van der Waals surface area contributed by atoms with Gasteiger partial charge in [0, 0.05) is 13.0 Å². The zero-order valence-electron chi connectivity index (χ0n) is 13.2. The van der Waals surface area contributed by atoms with Crippen molar-refractivity contribution < 1.29 is 9.53 Å². The maximum absolute atomic E-state index is 12.5. The second-order valence-electron chi connectivity index (χ2n) is 5.33. The van der Waals surface area contributed by atoms with Gasteiger partial charge in [0.15, 0.2) is 5.78 Å². The van der Waals surface area contributed by atoms with Crippen LogP contribution in [0.4, 0.5) is 0 Å². The molecule has 0 saturated heterocycles. The minimum absolute atomic E-state index is 0.134. The summed E-state index contributed by atoms with van der Waals surface area (Å²) in [6.45, 7) is 0.864. The van der Waals surface area contributed by atoms with Crippen LogP contribution in [0.2, 0.25) is 0 Å². The topological polar surface area (TPSA) is 38.3 Å². The first kappa shape index (κ1) is 16.2. The zero-order chi connectivity index (χ0) is 15.8. The highest BCUT2D eigenvalue weighted by atomic mass is 16.5. The third-order valence-corrected chi connectivity index (χ3v) is 3.85. The lowest BCUT2D eigenvalue weighted by Crippen LogP contribution is -2.18. The number of rotatable bonds is 8. The first-order chi connectivity index (χ1) is 10.8. The number of ether oxygens (including phenoxy) is 1. The zero-order valence-corrected chi connectivity index (χ0v) is 13.2. The fourth-order valence-electron chi connectivity index (χ4n) is 2.67. The molecule has 3 nitrogen and oxygen atoms in total. The first-order valence-electron chi connectivity index (χ1n) is 7.62. The molecule has 3 heteroatoms. The van der Waals surface area contributed by atoms with E-state index in [1.807, 2.05) is 49.5 Å². The van der Waals surface area contributed by atoms with Gasteiger partial charge in [-0.25, -0.2) is 0 Å². The number of para-hydroxylation sites is 1. The molecule has 0 heterocycles. The predicted octanol–water partition coefficient (Wildman–Crippen LogP) is 3.66. The van der Waals surface area contributed by atoms with Crippen molar-refractivity contribution in [1.82, 2.24) is 5.32 Å². The van der Waals surface area contributed by atoms with Crippen LogP contribution in [0.1, 0.15) is 34.7 Å². The van der Waals surface area contributed by atoms with Crippen LogP contribution in [0, 0.1) is 0 Å². The number of Topliss-reactive ketones (excluding diaryl/α,β-unsaturated/α-hetero) is 1. The molecule has 116 valence electrons. The van der Waals surface area contributed by atoms with Crippen LogP contribution < -0.4 is 10.1 Å². The highest BCUT2D eigenvalue weighted by Crippen LogP contribution is 2.24. The van der Waals surface area contributed by atoms with Gasteiger partial charge >= 0.3 is 0 Å². The Kier molecular flexibility index (Phi) is 6.16. The van der Waals surface area contributed by atoms with E-state index in [4.69, 9.17) is 4.74 Å². The number of nitrogens with one attached hydrogen (secondary N) is 1. The molecule has 0 saturated carbocycles. The van der Waals surface area contributed by atoms with Gasteiger partial charge < -0.3 is 10.1 Å². The quantitative estimate of drug-likeness (QED) is 0.756. The maximum atomic E-state index is 12.5. The molecule has 2 aromatic carbocycles. The smallest absolute Gasteiger partial charge is 0.166 e. The maximum Gasteiger partial charge on any atom is 0.166 e. The molecule has 1 atom stereocenters. The molecular formula is C19H23NO2. The van der Waals surface area contributed by atoms with Crippen molar-refractivity contribution in [1.29, 1.82) is 0 Å². The molecule has 0 aliphatic carbocycles. The minimum Gasteiger partial charge on any atom is -0.496 e. The second kappa shape index (κ2) is 8.35. The Hall–Kier alpha value is -2.13. The second-order valence-corrected chi connectivity index (χ2v) is 5.33. The molecule has 0 bridgehead atoms. The van der Waals surface area contributed by atoms with E-state index in [0.29, 0.717) is 23.7 Å². The highest BCUT2D eigenvalue weighted by Gasteiger charge is 2.16. The Morgan fingerprint density at radius 1 is 1.09 bits per heavy atom. The van der Waals surface area contributed by atoms with Crippen molar-refractivity contribution in [3.63, 3.8) is 0 Å². The summed E-state index contributed by atoms with van der Waals surface area (Å²) in [5, 5.41) is 3.22. The van der Waals surface area contributed by atoms with Gasteiger partial charge in [-0.05, 0) is 37.1 Å². The lowest BCUT2D eigenvalue weighted by Gasteiger charge is -2.17. The van der Waals surface area contributed by atoms with E-state index in [-0.39, 0.29) is 5.78 Å². The van der Waals surface area contributed by atoms with Crippen molar-refractivity contribution in [2.75, 3.05) is 20.7 Å². The number of carbonyl (C=O) groups excluding carboxylic acids is 1. The van der Waals surface area contributed by atoms with E-state index in [0.717, 1.165) is 13.0 Å². The van der Waals surface area contributed by atoms with E-state index < -0.39 is 0 Å². The SMILES string of the molecule is CNC[C@@H](CCC(=O)c1ccccc1OC)c1ccccc1. The summed E-state index contributed by atoms with van der Waals surface area (Å²) in [6, 6.07) is 17.7. The van der Waals surface area contributed by atoms with Crippen LogP contribution in [-0.4, -0.2) is 26.5 Å². The fourth-order valence-corrected chi connectivity index (χ4v) is 2.67. The average Bonchev–Trinajstić information content (AvgIpc) is 2.59. The minimum atomic E-state index is 0.134. The predicted molar refractivity (Wildman–Crippen MR) is 89.7 cm³/mol. The Bertz CT molecular complexity index is 595. The van der Waals surface area contributed by atoms with Crippen molar-refractivity contribution in [3.8, 4) is 5.75 Å². The van der Waals surface area contributed by atoms with Crippen molar-refractivity contribution in [2.45, 2.75) is 18.8 Å². The molecule has 22 heavy (non-hydrogen) atoms. The molecule has 2 aromatic rings. The van der Waals surface area contributed by atoms with Crippen LogP contribution in [0.3, 0.4) is 0 Å². The van der Waals surface area contributed by atoms with E-state index in [1.165, 1.54) is 5.56 Å². The highest BCUT2D eigenvalue weighted by molar-refractivity contribution is 5.98. The first-order valence-corrected chi connectivity index (χ1v) is 7.62. The molecular weight excluding hydrogens is 274 g/mol. The molecule has 0 aromatic heterocycles. The lowest BCUT2D eigenvalue weighted by molar-refractivity contribution is 0.0974. The molecule has 0 radical (unpaired) electrons. The summed E-state index contributed by atoms with van der Waals surface area (Å²) in [5.74, 6) is 1.12. The van der Waals surface area contributed by atoms with Gasteiger partial charge in [0.2, 0.25) is 0 Å². The third-order valence-electron chi connectivity index (χ3n) is 3.85. The van der Waals surface area contributed by atoms with Crippen LogP contribution in [0.25, 0.3) is 0 Å². The van der Waals surface area contributed by atoms with E-state index >= 15 is 0 Å². The molecule has 2 rings (SSSR count). The number of benzene rings is 2. The van der Waals surface area contributed by atoms with Gasteiger partial charge in [-0.3, -0.25) is 4.79 Å². The van der Waals surface area contributed by atoms with Gasteiger partial charge in [0.25, 0.3) is 0 Å². The van der Waals surface area contributed by atoms with Crippen LogP contribution >= 0.6 is 0 Å². The van der Waals surface area contributed by atoms with Gasteiger partial charge in [-0.1, -0.05) is 42.5 Å². The monoisotopic (exact) mass is 297 g/mol. The Balaban J connectivity index is 2.04. The fraction of sp³-hybridized carbons (Fsp3) is 0.316. The average molecular weight is 297 g/mol. The number of methoxy groups -OCH3 is 1. The summed E-state index contributed by atoms with van der Waals surface area (Å²) in [5.41, 5.74) is 1.94. The number of carbonyl (C=O) groups is 1. The van der Waals surface area contributed by atoms with Gasteiger partial charge in [0.1, 0.15) is 5.75 Å². The Labute approximate surface area is 132 Å². The largest absolute Gasteiger partial charge is 0.496 e. The summed E-state index contributed by atoms with van der Waals surface area (Å²) in [6.07, 6.45) is 1.34. The molecule has 1 N–H and O–H groups in total. The number of hydrogen-bond acceptors (Lipinski definition) is 3. The number of likely N-dealkylation sites (N-methyl/N-ethyl adjacent to an activating group) is 1. The molecule has 0 aliphatic heterocycles. The Morgan fingerprint density at radius 2 is 1.77 bits per heavy atom. The standard InChI is InChI=1S/C19H23NO2/c1-20-14-16(15-8-4-3-5-9-15)12-13-18(21)17-10-6-7-11-19(17)22-2/h3-11,16,20H,12-14H2,1-2H3/t16-/m1/s1. The van der Waals surface area contributed by atoms with E-state index in [9.17, 15) is 4.79 Å². The third kappa shape index (κ3) is 4.18. The lowest BCUT2D eigenvalue weighted by atomic mass is 9.92. The van der Waals surface area contributed by atoms with Crippen LogP contribution in [0.15, 0.2) is 54.6 Å². The summed E-state index contributed by atoms with van der Waals surface area (Å²) in [4.78, 5) is 12.5. The van der Waals surface area contributed by atoms with Crippen LogP contribution in [0.5, 0.6) is 5.75 Å². The van der Waals surface area contributed by atoms with Gasteiger partial charge in [0.05, 0.1) is 12.7 Å². The van der Waals surface area contributed by atoms with Crippen molar-refractivity contribution in [2.24, 2.45) is 0 Å². The molecule has 0 unspecified atom stereocenters. The van der Waals surface area contributed by atoms with E-state index in [1.54, 1.807) is 7.11 Å². The Morgan fingerprint density at radius 3 is 2.45 bits per heavy atom. The molecule has 0 fully saturated rings. The van der Waals surface area contributed by atoms with Crippen LogP contribution in [-0.2, 0) is 0 Å². The molecule has 0 spiro atoms. The van der Waals surface area contributed by atoms with Crippen molar-refractivity contribution in [3.05, 3.63) is 65.7 Å². The number of ketones is 1. The van der Waals surface area contributed by atoms with E-state index in [2.05, 4.69) is 17.4 Å². The van der Waals surface area contributed by atoms with Gasteiger partial charge in [-0.15, -0.1) is 0 Å².